The number of fused-ring (bicyclic) bond motifs is 1. The van der Waals surface area contributed by atoms with Crippen LogP contribution in [0.5, 0.6) is 0 Å². The zero-order valence-corrected chi connectivity index (χ0v) is 16.2. The smallest absolute Gasteiger partial charge is 0.256 e. The van der Waals surface area contributed by atoms with Crippen LogP contribution in [0.15, 0.2) is 18.2 Å². The lowest BCUT2D eigenvalue weighted by Gasteiger charge is -2.43. The number of likely N-dealkylation sites (tertiary alicyclic amines) is 2. The third-order valence-electron chi connectivity index (χ3n) is 6.90. The van der Waals surface area contributed by atoms with Gasteiger partial charge in [0.25, 0.3) is 5.91 Å². The summed E-state index contributed by atoms with van der Waals surface area (Å²) in [5, 5.41) is 0. The fourth-order valence-corrected chi connectivity index (χ4v) is 5.22. The van der Waals surface area contributed by atoms with Crippen LogP contribution in [0.25, 0.3) is 0 Å². The second-order valence-corrected chi connectivity index (χ2v) is 8.57. The van der Waals surface area contributed by atoms with E-state index in [-0.39, 0.29) is 17.4 Å². The number of hydrogen-bond acceptors (Lipinski definition) is 2. The summed E-state index contributed by atoms with van der Waals surface area (Å²) >= 11 is 0. The zero-order valence-electron chi connectivity index (χ0n) is 16.2. The molecule has 2 aliphatic heterocycles. The van der Waals surface area contributed by atoms with Gasteiger partial charge in [-0.3, -0.25) is 9.59 Å². The van der Waals surface area contributed by atoms with Crippen LogP contribution in [-0.2, 0) is 4.79 Å². The summed E-state index contributed by atoms with van der Waals surface area (Å²) in [6.07, 6.45) is 7.51. The maximum absolute atomic E-state index is 13.9. The van der Waals surface area contributed by atoms with Gasteiger partial charge in [-0.15, -0.1) is 0 Å². The van der Waals surface area contributed by atoms with Crippen LogP contribution in [0.3, 0.4) is 0 Å². The van der Waals surface area contributed by atoms with Crippen molar-refractivity contribution >= 4 is 11.8 Å². The first-order valence-corrected chi connectivity index (χ1v) is 10.6. The van der Waals surface area contributed by atoms with Gasteiger partial charge in [0.2, 0.25) is 5.91 Å². The fraction of sp³-hybridized carbons (Fsp3) is 0.636. The number of amides is 2. The molecule has 2 heterocycles. The van der Waals surface area contributed by atoms with Crippen LogP contribution in [0, 0.1) is 29.4 Å². The Morgan fingerprint density at radius 1 is 0.857 bits per heavy atom. The van der Waals surface area contributed by atoms with E-state index in [1.54, 1.807) is 4.90 Å². The van der Waals surface area contributed by atoms with Crippen molar-refractivity contribution < 1.29 is 18.4 Å². The molecule has 28 heavy (non-hydrogen) atoms. The molecular weight excluding hydrogens is 362 g/mol. The highest BCUT2D eigenvalue weighted by molar-refractivity contribution is 5.94. The van der Waals surface area contributed by atoms with E-state index in [0.29, 0.717) is 31.8 Å². The van der Waals surface area contributed by atoms with Gasteiger partial charge in [-0.25, -0.2) is 8.78 Å². The summed E-state index contributed by atoms with van der Waals surface area (Å²) in [6.45, 7) is 2.63. The van der Waals surface area contributed by atoms with Gasteiger partial charge in [-0.1, -0.05) is 19.3 Å². The van der Waals surface area contributed by atoms with E-state index < -0.39 is 17.5 Å². The maximum Gasteiger partial charge on any atom is 0.256 e. The molecule has 6 heteroatoms. The SMILES string of the molecule is O=C(c1ccc(F)cc1F)N1CCC(C(=O)N2CCC3CCCCC3C2)CC1. The molecule has 3 aliphatic rings. The third kappa shape index (κ3) is 3.91. The fourth-order valence-electron chi connectivity index (χ4n) is 5.22. The van der Waals surface area contributed by atoms with E-state index in [4.69, 9.17) is 0 Å². The molecule has 2 saturated heterocycles. The van der Waals surface area contributed by atoms with Crippen molar-refractivity contribution in [2.24, 2.45) is 17.8 Å². The zero-order chi connectivity index (χ0) is 19.7. The summed E-state index contributed by atoms with van der Waals surface area (Å²) in [7, 11) is 0. The topological polar surface area (TPSA) is 40.6 Å². The van der Waals surface area contributed by atoms with Crippen LogP contribution < -0.4 is 0 Å². The van der Waals surface area contributed by atoms with Crippen molar-refractivity contribution in [1.29, 1.82) is 0 Å². The molecule has 0 aromatic heterocycles. The monoisotopic (exact) mass is 390 g/mol. The normalized spacial score (nSPS) is 26.1. The molecule has 152 valence electrons. The molecule has 1 saturated carbocycles. The Balaban J connectivity index is 1.32. The first-order valence-electron chi connectivity index (χ1n) is 10.6. The molecule has 2 unspecified atom stereocenters. The van der Waals surface area contributed by atoms with E-state index in [1.165, 1.54) is 31.7 Å². The predicted molar refractivity (Wildman–Crippen MR) is 102 cm³/mol. The summed E-state index contributed by atoms with van der Waals surface area (Å²) in [4.78, 5) is 29.1. The average molecular weight is 390 g/mol. The molecule has 1 aliphatic carbocycles. The Kier molecular flexibility index (Phi) is 5.65. The Morgan fingerprint density at radius 2 is 1.54 bits per heavy atom. The van der Waals surface area contributed by atoms with Crippen molar-refractivity contribution in [3.8, 4) is 0 Å². The highest BCUT2D eigenvalue weighted by Crippen LogP contribution is 2.37. The number of rotatable bonds is 2. The maximum atomic E-state index is 13.9. The van der Waals surface area contributed by atoms with Crippen molar-refractivity contribution in [2.45, 2.75) is 44.9 Å². The minimum atomic E-state index is -0.835. The van der Waals surface area contributed by atoms with Crippen molar-refractivity contribution in [3.63, 3.8) is 0 Å². The molecule has 2 amide bonds. The summed E-state index contributed by atoms with van der Waals surface area (Å²) in [5.41, 5.74) is -0.106. The minimum absolute atomic E-state index is 0.0535. The van der Waals surface area contributed by atoms with E-state index in [9.17, 15) is 18.4 Å². The summed E-state index contributed by atoms with van der Waals surface area (Å²) in [6, 6.07) is 3.03. The quantitative estimate of drug-likeness (QED) is 0.770. The highest BCUT2D eigenvalue weighted by Gasteiger charge is 2.36. The van der Waals surface area contributed by atoms with Crippen LogP contribution in [0.1, 0.15) is 55.3 Å². The Morgan fingerprint density at radius 3 is 2.25 bits per heavy atom. The van der Waals surface area contributed by atoms with E-state index in [1.807, 2.05) is 4.90 Å². The lowest BCUT2D eigenvalue weighted by molar-refractivity contribution is -0.140. The third-order valence-corrected chi connectivity index (χ3v) is 6.90. The van der Waals surface area contributed by atoms with Crippen LogP contribution in [0.2, 0.25) is 0 Å². The Labute approximate surface area is 164 Å². The molecule has 0 radical (unpaired) electrons. The number of carbonyl (C=O) groups excluding carboxylic acids is 2. The Hall–Kier alpha value is -1.98. The molecule has 1 aromatic rings. The molecule has 3 fully saturated rings. The molecule has 4 rings (SSSR count). The van der Waals surface area contributed by atoms with E-state index in [2.05, 4.69) is 0 Å². The number of piperidine rings is 2. The van der Waals surface area contributed by atoms with E-state index >= 15 is 0 Å². The summed E-state index contributed by atoms with van der Waals surface area (Å²) < 4.78 is 27.0. The van der Waals surface area contributed by atoms with Gasteiger partial charge in [0, 0.05) is 38.2 Å². The van der Waals surface area contributed by atoms with Crippen LogP contribution in [0.4, 0.5) is 8.78 Å². The molecule has 4 nitrogen and oxygen atoms in total. The summed E-state index contributed by atoms with van der Waals surface area (Å²) in [5.74, 6) is -0.325. The number of carbonyl (C=O) groups is 2. The lowest BCUT2D eigenvalue weighted by atomic mass is 9.75. The number of hydrogen-bond donors (Lipinski definition) is 0. The molecule has 0 spiro atoms. The number of halogens is 2. The average Bonchev–Trinajstić information content (AvgIpc) is 2.72. The standard InChI is InChI=1S/C22H28F2N2O2/c23-18-5-6-19(20(24)13-18)22(28)25-10-8-16(9-11-25)21(27)26-12-7-15-3-1-2-4-17(15)14-26/h5-6,13,15-17H,1-4,7-12,14H2. The van der Waals surface area contributed by atoms with E-state index in [0.717, 1.165) is 37.6 Å². The minimum Gasteiger partial charge on any atom is -0.342 e. The first-order chi connectivity index (χ1) is 13.5. The van der Waals surface area contributed by atoms with Gasteiger partial charge in [-0.2, -0.15) is 0 Å². The van der Waals surface area contributed by atoms with Gasteiger partial charge >= 0.3 is 0 Å². The molecule has 0 bridgehead atoms. The van der Waals surface area contributed by atoms with Crippen molar-refractivity contribution in [1.82, 2.24) is 9.80 Å². The lowest BCUT2D eigenvalue weighted by Crippen LogP contribution is -2.49. The second kappa shape index (κ2) is 8.18. The van der Waals surface area contributed by atoms with Crippen LogP contribution >= 0.6 is 0 Å². The van der Waals surface area contributed by atoms with Crippen LogP contribution in [-0.4, -0.2) is 47.8 Å². The van der Waals surface area contributed by atoms with Gasteiger partial charge in [-0.05, 0) is 49.7 Å². The predicted octanol–water partition coefficient (Wildman–Crippen LogP) is 3.86. The van der Waals surface area contributed by atoms with Crippen molar-refractivity contribution in [2.75, 3.05) is 26.2 Å². The highest BCUT2D eigenvalue weighted by atomic mass is 19.1. The van der Waals surface area contributed by atoms with Gasteiger partial charge in [0.15, 0.2) is 0 Å². The van der Waals surface area contributed by atoms with Gasteiger partial charge in [0.1, 0.15) is 11.6 Å². The number of benzene rings is 1. The first kappa shape index (κ1) is 19.3. The molecule has 0 N–H and O–H groups in total. The second-order valence-electron chi connectivity index (χ2n) is 8.57. The Bertz CT molecular complexity index is 746. The molecule has 2 atom stereocenters. The number of nitrogens with zero attached hydrogens (tertiary/aromatic N) is 2. The van der Waals surface area contributed by atoms with Crippen molar-refractivity contribution in [3.05, 3.63) is 35.4 Å². The molecule has 1 aromatic carbocycles. The molecular formula is C22H28F2N2O2. The van der Waals surface area contributed by atoms with Gasteiger partial charge < -0.3 is 9.80 Å². The van der Waals surface area contributed by atoms with Gasteiger partial charge in [0.05, 0.1) is 5.56 Å². The largest absolute Gasteiger partial charge is 0.342 e.